The van der Waals surface area contributed by atoms with Crippen LogP contribution in [0.2, 0.25) is 0 Å². The molecule has 1 unspecified atom stereocenters. The first-order valence-corrected chi connectivity index (χ1v) is 5.49. The topological polar surface area (TPSA) is 53.0 Å². The van der Waals surface area contributed by atoms with Gasteiger partial charge >= 0.3 is 0 Å². The largest absolute Gasteiger partial charge is 0.315 e. The fourth-order valence-corrected chi connectivity index (χ4v) is 2.18. The van der Waals surface area contributed by atoms with E-state index in [1.165, 1.54) is 25.7 Å². The highest BCUT2D eigenvalue weighted by molar-refractivity contribution is 4.90. The summed E-state index contributed by atoms with van der Waals surface area (Å²) in [6, 6.07) is 2.39. The quantitative estimate of drug-likeness (QED) is 0.739. The van der Waals surface area contributed by atoms with Crippen LogP contribution in [0.1, 0.15) is 32.6 Å². The van der Waals surface area contributed by atoms with Crippen molar-refractivity contribution in [1.82, 2.24) is 4.90 Å². The maximum absolute atomic E-state index is 8.62. The Morgan fingerprint density at radius 3 is 2.50 bits per heavy atom. The average Bonchev–Trinajstić information content (AvgIpc) is 2.18. The molecule has 3 nitrogen and oxygen atoms in total. The number of rotatable bonds is 3. The van der Waals surface area contributed by atoms with Crippen molar-refractivity contribution in [3.8, 4) is 6.07 Å². The van der Waals surface area contributed by atoms with Gasteiger partial charge < -0.3 is 10.6 Å². The molecule has 1 aliphatic carbocycles. The van der Waals surface area contributed by atoms with Gasteiger partial charge in [0.15, 0.2) is 0 Å². The zero-order valence-electron chi connectivity index (χ0n) is 9.24. The summed E-state index contributed by atoms with van der Waals surface area (Å²) in [6.07, 6.45) is 5.15. The van der Waals surface area contributed by atoms with Gasteiger partial charge in [-0.25, -0.2) is 0 Å². The molecule has 80 valence electrons. The highest BCUT2D eigenvalue weighted by Crippen LogP contribution is 2.26. The molecule has 0 bridgehead atoms. The van der Waals surface area contributed by atoms with E-state index < -0.39 is 0 Å². The minimum atomic E-state index is -0.334. The van der Waals surface area contributed by atoms with E-state index in [0.717, 1.165) is 5.92 Å². The van der Waals surface area contributed by atoms with Crippen LogP contribution in [-0.4, -0.2) is 30.6 Å². The molecule has 0 aromatic rings. The van der Waals surface area contributed by atoms with Crippen LogP contribution in [0.4, 0.5) is 0 Å². The molecule has 0 aromatic heterocycles. The van der Waals surface area contributed by atoms with Gasteiger partial charge in [-0.15, -0.1) is 0 Å². The van der Waals surface area contributed by atoms with Crippen LogP contribution >= 0.6 is 0 Å². The van der Waals surface area contributed by atoms with E-state index in [4.69, 9.17) is 11.0 Å². The molecule has 3 heteroatoms. The van der Waals surface area contributed by atoms with Crippen LogP contribution in [-0.2, 0) is 0 Å². The Kier molecular flexibility index (Phi) is 4.37. The van der Waals surface area contributed by atoms with E-state index in [1.54, 1.807) is 0 Å². The Labute approximate surface area is 86.9 Å². The predicted octanol–water partition coefficient (Wildman–Crippen LogP) is 1.35. The Morgan fingerprint density at radius 1 is 1.43 bits per heavy atom. The van der Waals surface area contributed by atoms with Crippen LogP contribution in [0.15, 0.2) is 0 Å². The van der Waals surface area contributed by atoms with E-state index in [1.807, 2.05) is 0 Å². The molecule has 2 N–H and O–H groups in total. The van der Waals surface area contributed by atoms with Crippen molar-refractivity contribution in [3.05, 3.63) is 0 Å². The summed E-state index contributed by atoms with van der Waals surface area (Å²) in [5.41, 5.74) is 5.61. The average molecular weight is 195 g/mol. The van der Waals surface area contributed by atoms with Crippen molar-refractivity contribution in [1.29, 1.82) is 5.26 Å². The minimum absolute atomic E-state index is 0.334. The van der Waals surface area contributed by atoms with Gasteiger partial charge in [-0.1, -0.05) is 6.92 Å². The van der Waals surface area contributed by atoms with Crippen molar-refractivity contribution >= 4 is 0 Å². The Morgan fingerprint density at radius 2 is 2.00 bits per heavy atom. The van der Waals surface area contributed by atoms with Crippen LogP contribution in [0.5, 0.6) is 0 Å². The summed E-state index contributed by atoms with van der Waals surface area (Å²) in [7, 11) is 2.08. The highest BCUT2D eigenvalue weighted by atomic mass is 15.1. The van der Waals surface area contributed by atoms with Gasteiger partial charge in [0.2, 0.25) is 0 Å². The van der Waals surface area contributed by atoms with Gasteiger partial charge in [0.05, 0.1) is 6.07 Å². The molecule has 1 rings (SSSR count). The van der Waals surface area contributed by atoms with E-state index in [9.17, 15) is 0 Å². The summed E-state index contributed by atoms with van der Waals surface area (Å²) in [6.45, 7) is 3.02. The van der Waals surface area contributed by atoms with Gasteiger partial charge in [-0.2, -0.15) is 5.26 Å². The number of likely N-dealkylation sites (N-methyl/N-ethyl adjacent to an activating group) is 1. The molecule has 0 amide bonds. The lowest BCUT2D eigenvalue weighted by Gasteiger charge is -2.33. The Balaban J connectivity index is 2.31. The maximum atomic E-state index is 8.62. The Hall–Kier alpha value is -0.590. The number of hydrogen-bond acceptors (Lipinski definition) is 3. The van der Waals surface area contributed by atoms with Gasteiger partial charge in [0.25, 0.3) is 0 Å². The summed E-state index contributed by atoms with van der Waals surface area (Å²) >= 11 is 0. The summed E-state index contributed by atoms with van der Waals surface area (Å²) < 4.78 is 0. The number of nitrogens with two attached hydrogens (primary N) is 1. The second-order valence-electron chi connectivity index (χ2n) is 4.59. The second-order valence-corrected chi connectivity index (χ2v) is 4.59. The van der Waals surface area contributed by atoms with Crippen molar-refractivity contribution in [2.24, 2.45) is 11.7 Å². The number of nitrogens with zero attached hydrogens (tertiary/aromatic N) is 2. The monoisotopic (exact) mass is 195 g/mol. The fourth-order valence-electron chi connectivity index (χ4n) is 2.18. The molecule has 1 fully saturated rings. The van der Waals surface area contributed by atoms with Gasteiger partial charge in [0.1, 0.15) is 6.04 Å². The zero-order valence-corrected chi connectivity index (χ0v) is 9.24. The number of hydrogen-bond donors (Lipinski definition) is 1. The number of nitriles is 1. The molecule has 14 heavy (non-hydrogen) atoms. The van der Waals surface area contributed by atoms with E-state index in [0.29, 0.717) is 12.6 Å². The molecule has 0 saturated heterocycles. The maximum Gasteiger partial charge on any atom is 0.106 e. The Bertz CT molecular complexity index is 201. The molecule has 1 aliphatic rings. The van der Waals surface area contributed by atoms with E-state index >= 15 is 0 Å². The van der Waals surface area contributed by atoms with Crippen molar-refractivity contribution in [3.63, 3.8) is 0 Å². The van der Waals surface area contributed by atoms with Crippen LogP contribution in [0, 0.1) is 17.2 Å². The molecule has 0 aliphatic heterocycles. The third-order valence-corrected chi connectivity index (χ3v) is 3.26. The lowest BCUT2D eigenvalue weighted by Crippen LogP contribution is -2.41. The molecular formula is C11H21N3. The highest BCUT2D eigenvalue weighted by Gasteiger charge is 2.22. The summed E-state index contributed by atoms with van der Waals surface area (Å²) in [5, 5.41) is 8.62. The fraction of sp³-hybridized carbons (Fsp3) is 0.909. The van der Waals surface area contributed by atoms with Crippen LogP contribution in [0.25, 0.3) is 0 Å². The minimum Gasteiger partial charge on any atom is -0.315 e. The first-order valence-electron chi connectivity index (χ1n) is 5.49. The van der Waals surface area contributed by atoms with E-state index in [2.05, 4.69) is 24.9 Å². The first kappa shape index (κ1) is 11.5. The molecule has 0 heterocycles. The van der Waals surface area contributed by atoms with Crippen LogP contribution < -0.4 is 5.73 Å². The SMILES string of the molecule is CC1CCC(N(C)CC(N)C#N)CC1. The van der Waals surface area contributed by atoms with Gasteiger partial charge in [-0.05, 0) is 38.6 Å². The molecule has 1 saturated carbocycles. The van der Waals surface area contributed by atoms with Crippen molar-refractivity contribution in [2.45, 2.75) is 44.7 Å². The smallest absolute Gasteiger partial charge is 0.106 e. The van der Waals surface area contributed by atoms with Crippen molar-refractivity contribution < 1.29 is 0 Å². The molecular weight excluding hydrogens is 174 g/mol. The summed E-state index contributed by atoms with van der Waals surface area (Å²) in [5.74, 6) is 0.879. The molecule has 0 radical (unpaired) electrons. The van der Waals surface area contributed by atoms with Crippen LogP contribution in [0.3, 0.4) is 0 Å². The molecule has 0 spiro atoms. The van der Waals surface area contributed by atoms with Crippen molar-refractivity contribution in [2.75, 3.05) is 13.6 Å². The zero-order chi connectivity index (χ0) is 10.6. The molecule has 1 atom stereocenters. The third kappa shape index (κ3) is 3.28. The lowest BCUT2D eigenvalue weighted by atomic mass is 9.86. The summed E-state index contributed by atoms with van der Waals surface area (Å²) in [4.78, 5) is 2.25. The predicted molar refractivity (Wildman–Crippen MR) is 57.6 cm³/mol. The second kappa shape index (κ2) is 5.33. The molecule has 0 aromatic carbocycles. The van der Waals surface area contributed by atoms with E-state index in [-0.39, 0.29) is 6.04 Å². The third-order valence-electron chi connectivity index (χ3n) is 3.26. The normalized spacial score (nSPS) is 29.9. The van der Waals surface area contributed by atoms with Gasteiger partial charge in [-0.3, -0.25) is 0 Å². The lowest BCUT2D eigenvalue weighted by molar-refractivity contribution is 0.168. The van der Waals surface area contributed by atoms with Gasteiger partial charge in [0, 0.05) is 12.6 Å². The standard InChI is InChI=1S/C11H21N3/c1-9-3-5-11(6-4-9)14(2)8-10(13)7-12/h9-11H,3-6,8,13H2,1-2H3. The first-order chi connectivity index (χ1) is 6.63.